The van der Waals surface area contributed by atoms with Gasteiger partial charge in [0, 0.05) is 6.92 Å². The Morgan fingerprint density at radius 2 is 2.31 bits per heavy atom. The monoisotopic (exact) mass is 181 g/mol. The minimum absolute atomic E-state index is 0.418. The van der Waals surface area contributed by atoms with Crippen LogP contribution in [0.25, 0.3) is 0 Å². The van der Waals surface area contributed by atoms with E-state index in [1.807, 2.05) is 6.92 Å². The topological polar surface area (TPSA) is 64.9 Å². The molecular formula is C9H15N3O. The van der Waals surface area contributed by atoms with Crippen LogP contribution in [0.5, 0.6) is 0 Å². The van der Waals surface area contributed by atoms with Gasteiger partial charge in [0.2, 0.25) is 5.89 Å². The van der Waals surface area contributed by atoms with Crippen LogP contribution in [-0.2, 0) is 5.54 Å². The molecular weight excluding hydrogens is 166 g/mol. The molecule has 0 spiro atoms. The average molecular weight is 181 g/mol. The molecule has 1 fully saturated rings. The molecule has 0 aromatic carbocycles. The van der Waals surface area contributed by atoms with E-state index in [-0.39, 0.29) is 0 Å². The maximum Gasteiger partial charge on any atom is 0.223 e. The van der Waals surface area contributed by atoms with Crippen LogP contribution in [0.15, 0.2) is 4.52 Å². The Hall–Kier alpha value is -0.900. The van der Waals surface area contributed by atoms with Crippen LogP contribution in [0.3, 0.4) is 0 Å². The minimum Gasteiger partial charge on any atom is -0.340 e. The first-order chi connectivity index (χ1) is 6.08. The van der Waals surface area contributed by atoms with E-state index in [4.69, 9.17) is 10.3 Å². The average Bonchev–Trinajstić information content (AvgIpc) is 2.70. The second-order valence-corrected chi connectivity index (χ2v) is 4.20. The van der Waals surface area contributed by atoms with Crippen molar-refractivity contribution in [3.05, 3.63) is 11.7 Å². The molecule has 0 unspecified atom stereocenters. The summed E-state index contributed by atoms with van der Waals surface area (Å²) in [5.41, 5.74) is 5.69. The number of nitrogens with zero attached hydrogens (tertiary/aromatic N) is 2. The van der Waals surface area contributed by atoms with E-state index in [1.165, 1.54) is 12.8 Å². The van der Waals surface area contributed by atoms with Crippen molar-refractivity contribution in [2.45, 2.75) is 38.6 Å². The van der Waals surface area contributed by atoms with E-state index in [0.29, 0.717) is 11.7 Å². The van der Waals surface area contributed by atoms with E-state index < -0.39 is 5.54 Å². The molecule has 2 N–H and O–H groups in total. The third-order valence-electron chi connectivity index (χ3n) is 2.45. The van der Waals surface area contributed by atoms with Crippen LogP contribution in [0.2, 0.25) is 0 Å². The van der Waals surface area contributed by atoms with E-state index in [2.05, 4.69) is 10.1 Å². The molecule has 1 aromatic heterocycles. The number of hydrogen-bond donors (Lipinski definition) is 1. The summed E-state index contributed by atoms with van der Waals surface area (Å²) in [5.74, 6) is 1.99. The summed E-state index contributed by atoms with van der Waals surface area (Å²) in [6.07, 6.45) is 3.55. The summed E-state index contributed by atoms with van der Waals surface area (Å²) in [5, 5.41) is 3.86. The van der Waals surface area contributed by atoms with Gasteiger partial charge in [0.05, 0.1) is 5.54 Å². The first-order valence-electron chi connectivity index (χ1n) is 4.67. The van der Waals surface area contributed by atoms with Crippen LogP contribution in [0.1, 0.15) is 37.9 Å². The van der Waals surface area contributed by atoms with Gasteiger partial charge in [0.1, 0.15) is 0 Å². The summed E-state index contributed by atoms with van der Waals surface area (Å²) in [7, 11) is 0. The fraction of sp³-hybridized carbons (Fsp3) is 0.778. The summed E-state index contributed by atoms with van der Waals surface area (Å²) in [6, 6.07) is 0. The molecule has 1 saturated carbocycles. The van der Waals surface area contributed by atoms with Gasteiger partial charge in [-0.1, -0.05) is 18.0 Å². The Balaban J connectivity index is 2.12. The van der Waals surface area contributed by atoms with Gasteiger partial charge < -0.3 is 10.3 Å². The largest absolute Gasteiger partial charge is 0.340 e. The van der Waals surface area contributed by atoms with Crippen molar-refractivity contribution in [1.29, 1.82) is 0 Å². The molecule has 0 bridgehead atoms. The SMILES string of the molecule is Cc1nc([C@](C)(N)CC2CC2)no1. The van der Waals surface area contributed by atoms with Crippen LogP contribution < -0.4 is 5.73 Å². The smallest absolute Gasteiger partial charge is 0.223 e. The van der Waals surface area contributed by atoms with Crippen molar-refractivity contribution in [3.8, 4) is 0 Å². The Morgan fingerprint density at radius 1 is 1.62 bits per heavy atom. The number of rotatable bonds is 3. The Kier molecular flexibility index (Phi) is 1.87. The Bertz CT molecular complexity index is 302. The second kappa shape index (κ2) is 2.80. The predicted molar refractivity (Wildman–Crippen MR) is 47.9 cm³/mol. The third kappa shape index (κ3) is 1.88. The fourth-order valence-corrected chi connectivity index (χ4v) is 1.54. The summed E-state index contributed by atoms with van der Waals surface area (Å²) >= 11 is 0. The molecule has 0 saturated heterocycles. The summed E-state index contributed by atoms with van der Waals surface area (Å²) < 4.78 is 4.91. The lowest BCUT2D eigenvalue weighted by atomic mass is 9.95. The minimum atomic E-state index is -0.418. The molecule has 13 heavy (non-hydrogen) atoms. The quantitative estimate of drug-likeness (QED) is 0.764. The molecule has 0 aliphatic heterocycles. The highest BCUT2D eigenvalue weighted by molar-refractivity contribution is 5.03. The van der Waals surface area contributed by atoms with Crippen molar-refractivity contribution in [2.24, 2.45) is 11.7 Å². The van der Waals surface area contributed by atoms with E-state index in [1.54, 1.807) is 6.92 Å². The van der Waals surface area contributed by atoms with Crippen LogP contribution in [-0.4, -0.2) is 10.1 Å². The molecule has 1 aliphatic rings. The zero-order chi connectivity index (χ0) is 9.47. The Labute approximate surface area is 77.5 Å². The normalized spacial score (nSPS) is 21.5. The van der Waals surface area contributed by atoms with Gasteiger partial charge >= 0.3 is 0 Å². The van der Waals surface area contributed by atoms with Gasteiger partial charge in [0.15, 0.2) is 5.82 Å². The molecule has 4 nitrogen and oxygen atoms in total. The van der Waals surface area contributed by atoms with Gasteiger partial charge in [-0.15, -0.1) is 0 Å². The Morgan fingerprint density at radius 3 is 2.77 bits per heavy atom. The van der Waals surface area contributed by atoms with Gasteiger partial charge in [0.25, 0.3) is 0 Å². The molecule has 2 rings (SSSR count). The van der Waals surface area contributed by atoms with Gasteiger partial charge in [-0.3, -0.25) is 0 Å². The van der Waals surface area contributed by atoms with Crippen LogP contribution in [0, 0.1) is 12.8 Å². The van der Waals surface area contributed by atoms with Gasteiger partial charge in [-0.2, -0.15) is 4.98 Å². The maximum absolute atomic E-state index is 6.11. The molecule has 1 aliphatic carbocycles. The fourth-order valence-electron chi connectivity index (χ4n) is 1.54. The highest BCUT2D eigenvalue weighted by atomic mass is 16.5. The summed E-state index contributed by atoms with van der Waals surface area (Å²) in [6.45, 7) is 3.75. The van der Waals surface area contributed by atoms with Crippen LogP contribution >= 0.6 is 0 Å². The summed E-state index contributed by atoms with van der Waals surface area (Å²) in [4.78, 5) is 4.16. The third-order valence-corrected chi connectivity index (χ3v) is 2.45. The molecule has 1 atom stereocenters. The standard InChI is InChI=1S/C9H15N3O/c1-6-11-8(12-13-6)9(2,10)5-7-3-4-7/h7H,3-5,10H2,1-2H3/t9-/m1/s1. The molecule has 1 aromatic rings. The number of aromatic nitrogens is 2. The molecule has 0 amide bonds. The van der Waals surface area contributed by atoms with E-state index in [9.17, 15) is 0 Å². The lowest BCUT2D eigenvalue weighted by Gasteiger charge is -2.19. The number of hydrogen-bond acceptors (Lipinski definition) is 4. The van der Waals surface area contributed by atoms with Crippen molar-refractivity contribution >= 4 is 0 Å². The van der Waals surface area contributed by atoms with Gasteiger partial charge in [-0.25, -0.2) is 0 Å². The van der Waals surface area contributed by atoms with Crippen molar-refractivity contribution in [1.82, 2.24) is 10.1 Å². The zero-order valence-electron chi connectivity index (χ0n) is 8.08. The van der Waals surface area contributed by atoms with Crippen molar-refractivity contribution < 1.29 is 4.52 Å². The highest BCUT2D eigenvalue weighted by Crippen LogP contribution is 2.38. The predicted octanol–water partition coefficient (Wildman–Crippen LogP) is 1.35. The maximum atomic E-state index is 6.11. The zero-order valence-corrected chi connectivity index (χ0v) is 8.08. The van der Waals surface area contributed by atoms with Crippen LogP contribution in [0.4, 0.5) is 0 Å². The molecule has 1 heterocycles. The lowest BCUT2D eigenvalue weighted by molar-refractivity contribution is 0.347. The lowest BCUT2D eigenvalue weighted by Crippen LogP contribution is -2.34. The first kappa shape index (κ1) is 8.69. The van der Waals surface area contributed by atoms with E-state index in [0.717, 1.165) is 12.3 Å². The highest BCUT2D eigenvalue weighted by Gasteiger charge is 2.34. The molecule has 72 valence electrons. The second-order valence-electron chi connectivity index (χ2n) is 4.20. The van der Waals surface area contributed by atoms with Gasteiger partial charge in [-0.05, 0) is 19.3 Å². The molecule has 0 radical (unpaired) electrons. The van der Waals surface area contributed by atoms with E-state index >= 15 is 0 Å². The molecule has 4 heteroatoms. The van der Waals surface area contributed by atoms with Crippen molar-refractivity contribution in [2.75, 3.05) is 0 Å². The number of nitrogens with two attached hydrogens (primary N) is 1. The van der Waals surface area contributed by atoms with Crippen molar-refractivity contribution in [3.63, 3.8) is 0 Å². The first-order valence-corrected chi connectivity index (χ1v) is 4.67. The number of aryl methyl sites for hydroxylation is 1.